The highest BCUT2D eigenvalue weighted by Gasteiger charge is 2.13. The number of unbranched alkanes of at least 4 members (excludes halogenated alkanes) is 3. The Kier molecular flexibility index (Phi) is 8.10. The van der Waals surface area contributed by atoms with Crippen LogP contribution in [0.3, 0.4) is 0 Å². The molecule has 0 heterocycles. The van der Waals surface area contributed by atoms with Crippen LogP contribution in [0.5, 0.6) is 0 Å². The lowest BCUT2D eigenvalue weighted by molar-refractivity contribution is -0.121. The van der Waals surface area contributed by atoms with E-state index in [2.05, 4.69) is 12.2 Å². The Balaban J connectivity index is 2.21. The van der Waals surface area contributed by atoms with E-state index in [0.717, 1.165) is 37.8 Å². The van der Waals surface area contributed by atoms with Gasteiger partial charge in [0.25, 0.3) is 0 Å². The van der Waals surface area contributed by atoms with Crippen LogP contribution in [0.15, 0.2) is 18.2 Å². The number of esters is 1. The third kappa shape index (κ3) is 6.65. The van der Waals surface area contributed by atoms with Crippen molar-refractivity contribution in [2.75, 3.05) is 13.2 Å². The number of ether oxygens (including phenoxy) is 1. The van der Waals surface area contributed by atoms with Gasteiger partial charge in [0.1, 0.15) is 18.2 Å². The summed E-state index contributed by atoms with van der Waals surface area (Å²) in [5, 5.41) is 2.62. The first kappa shape index (κ1) is 18.1. The van der Waals surface area contributed by atoms with Crippen LogP contribution in [0.4, 0.5) is 8.78 Å². The Bertz CT molecular complexity index is 506. The van der Waals surface area contributed by atoms with E-state index in [4.69, 9.17) is 4.74 Å². The first-order valence-corrected chi connectivity index (χ1v) is 7.43. The summed E-state index contributed by atoms with van der Waals surface area (Å²) in [7, 11) is 0. The number of benzene rings is 1. The first-order valence-electron chi connectivity index (χ1n) is 7.43. The van der Waals surface area contributed by atoms with Crippen molar-refractivity contribution >= 4 is 11.9 Å². The van der Waals surface area contributed by atoms with E-state index in [0.29, 0.717) is 12.5 Å². The van der Waals surface area contributed by atoms with Crippen LogP contribution < -0.4 is 5.32 Å². The van der Waals surface area contributed by atoms with E-state index in [1.807, 2.05) is 0 Å². The van der Waals surface area contributed by atoms with Gasteiger partial charge in [-0.15, -0.1) is 0 Å². The predicted octanol–water partition coefficient (Wildman–Crippen LogP) is 3.21. The molecule has 0 aliphatic carbocycles. The van der Waals surface area contributed by atoms with Gasteiger partial charge < -0.3 is 10.1 Å². The summed E-state index contributed by atoms with van der Waals surface area (Å²) in [6, 6.07) is 2.63. The van der Waals surface area contributed by atoms with Crippen molar-refractivity contribution in [3.8, 4) is 0 Å². The molecule has 1 rings (SSSR count). The second-order valence-electron chi connectivity index (χ2n) is 4.92. The molecule has 0 bridgehead atoms. The van der Waals surface area contributed by atoms with Gasteiger partial charge in [-0.1, -0.05) is 26.2 Å². The Labute approximate surface area is 128 Å². The number of carbonyl (C=O) groups excluding carboxylic acids is 2. The van der Waals surface area contributed by atoms with E-state index in [1.54, 1.807) is 0 Å². The van der Waals surface area contributed by atoms with Crippen LogP contribution in [-0.4, -0.2) is 25.0 Å². The molecule has 122 valence electrons. The molecule has 0 atom stereocenters. The zero-order chi connectivity index (χ0) is 16.4. The number of nitrogens with one attached hydrogen (secondary N) is 1. The molecule has 1 amide bonds. The molecule has 0 aliphatic heterocycles. The average Bonchev–Trinajstić information content (AvgIpc) is 2.48. The highest BCUT2D eigenvalue weighted by Crippen LogP contribution is 2.10. The summed E-state index contributed by atoms with van der Waals surface area (Å²) < 4.78 is 30.9. The van der Waals surface area contributed by atoms with Crippen LogP contribution >= 0.6 is 0 Å². The number of amides is 1. The minimum atomic E-state index is -0.968. The molecule has 0 aromatic heterocycles. The van der Waals surface area contributed by atoms with Crippen molar-refractivity contribution < 1.29 is 23.1 Å². The van der Waals surface area contributed by atoms with Crippen LogP contribution in [-0.2, 0) is 9.53 Å². The number of halogens is 2. The summed E-state index contributed by atoms with van der Waals surface area (Å²) in [6.45, 7) is 2.20. The van der Waals surface area contributed by atoms with Gasteiger partial charge in [0.15, 0.2) is 0 Å². The molecule has 4 nitrogen and oxygen atoms in total. The monoisotopic (exact) mass is 313 g/mol. The lowest BCUT2D eigenvalue weighted by atomic mass is 10.1. The zero-order valence-corrected chi connectivity index (χ0v) is 12.7. The van der Waals surface area contributed by atoms with Crippen LogP contribution in [0.1, 0.15) is 49.4 Å². The van der Waals surface area contributed by atoms with Gasteiger partial charge in [0, 0.05) is 12.5 Å². The number of hydrogen-bond donors (Lipinski definition) is 1. The minimum absolute atomic E-state index is 0.0592. The highest BCUT2D eigenvalue weighted by atomic mass is 19.1. The van der Waals surface area contributed by atoms with Gasteiger partial charge in [0.05, 0.1) is 12.1 Å². The molecule has 1 N–H and O–H groups in total. The van der Waals surface area contributed by atoms with Crippen LogP contribution in [0, 0.1) is 11.6 Å². The second kappa shape index (κ2) is 9.87. The quantitative estimate of drug-likeness (QED) is 0.562. The maximum Gasteiger partial charge on any atom is 0.341 e. The van der Waals surface area contributed by atoms with Gasteiger partial charge in [-0.3, -0.25) is 4.79 Å². The van der Waals surface area contributed by atoms with Gasteiger partial charge in [-0.2, -0.15) is 0 Å². The molecule has 1 aromatic rings. The second-order valence-corrected chi connectivity index (χ2v) is 4.92. The molecule has 0 spiro atoms. The number of carbonyl (C=O) groups is 2. The molecular weight excluding hydrogens is 292 g/mol. The highest BCUT2D eigenvalue weighted by molar-refractivity contribution is 5.89. The van der Waals surface area contributed by atoms with Crippen molar-refractivity contribution in [2.45, 2.75) is 39.0 Å². The third-order valence-corrected chi connectivity index (χ3v) is 3.07. The van der Waals surface area contributed by atoms with E-state index >= 15 is 0 Å². The van der Waals surface area contributed by atoms with Crippen molar-refractivity contribution in [3.05, 3.63) is 35.4 Å². The van der Waals surface area contributed by atoms with E-state index in [9.17, 15) is 18.4 Å². The van der Waals surface area contributed by atoms with Gasteiger partial charge in [0.2, 0.25) is 5.91 Å². The van der Waals surface area contributed by atoms with E-state index in [-0.39, 0.29) is 24.6 Å². The molecule has 6 heteroatoms. The predicted molar refractivity (Wildman–Crippen MR) is 78.4 cm³/mol. The van der Waals surface area contributed by atoms with Crippen LogP contribution in [0.25, 0.3) is 0 Å². The third-order valence-electron chi connectivity index (χ3n) is 3.07. The molecule has 0 radical (unpaired) electrons. The molecule has 0 saturated heterocycles. The maximum absolute atomic E-state index is 13.3. The smallest absolute Gasteiger partial charge is 0.341 e. The lowest BCUT2D eigenvalue weighted by Gasteiger charge is -2.07. The summed E-state index contributed by atoms with van der Waals surface area (Å²) in [5.41, 5.74) is -0.327. The molecule has 0 unspecified atom stereocenters. The van der Waals surface area contributed by atoms with Crippen molar-refractivity contribution in [3.63, 3.8) is 0 Å². The standard InChI is InChI=1S/C16H21F2NO3/c1-2-3-4-5-6-15(20)19-9-10-22-16(21)13-8-7-12(17)11-14(13)18/h7-8,11H,2-6,9-10H2,1H3,(H,19,20). The molecule has 0 saturated carbocycles. The Morgan fingerprint density at radius 2 is 1.95 bits per heavy atom. The summed E-state index contributed by atoms with van der Waals surface area (Å²) in [4.78, 5) is 23.0. The normalized spacial score (nSPS) is 10.3. The average molecular weight is 313 g/mol. The largest absolute Gasteiger partial charge is 0.460 e. The summed E-state index contributed by atoms with van der Waals surface area (Å²) in [6.07, 6.45) is 4.51. The number of rotatable bonds is 9. The van der Waals surface area contributed by atoms with Crippen LogP contribution in [0.2, 0.25) is 0 Å². The van der Waals surface area contributed by atoms with Crippen molar-refractivity contribution in [1.29, 1.82) is 0 Å². The van der Waals surface area contributed by atoms with Crippen molar-refractivity contribution in [1.82, 2.24) is 5.32 Å². The Morgan fingerprint density at radius 1 is 1.18 bits per heavy atom. The summed E-state index contributed by atoms with van der Waals surface area (Å²) >= 11 is 0. The van der Waals surface area contributed by atoms with Gasteiger partial charge in [-0.25, -0.2) is 13.6 Å². The lowest BCUT2D eigenvalue weighted by Crippen LogP contribution is -2.27. The molecule has 0 aliphatic rings. The van der Waals surface area contributed by atoms with E-state index in [1.165, 1.54) is 0 Å². The molecule has 0 fully saturated rings. The number of hydrogen-bond acceptors (Lipinski definition) is 3. The van der Waals surface area contributed by atoms with Gasteiger partial charge >= 0.3 is 5.97 Å². The van der Waals surface area contributed by atoms with E-state index < -0.39 is 17.6 Å². The maximum atomic E-state index is 13.3. The SMILES string of the molecule is CCCCCCC(=O)NCCOC(=O)c1ccc(F)cc1F. The molecule has 22 heavy (non-hydrogen) atoms. The first-order chi connectivity index (χ1) is 10.5. The molecule has 1 aromatic carbocycles. The van der Waals surface area contributed by atoms with Gasteiger partial charge in [-0.05, 0) is 18.6 Å². The minimum Gasteiger partial charge on any atom is -0.460 e. The Hall–Kier alpha value is -1.98. The molecular formula is C16H21F2NO3. The summed E-state index contributed by atoms with van der Waals surface area (Å²) in [5.74, 6) is -2.70. The topological polar surface area (TPSA) is 55.4 Å². The fourth-order valence-electron chi connectivity index (χ4n) is 1.87. The Morgan fingerprint density at radius 3 is 2.64 bits per heavy atom. The fraction of sp³-hybridized carbons (Fsp3) is 0.500. The van der Waals surface area contributed by atoms with Crippen molar-refractivity contribution in [2.24, 2.45) is 0 Å². The zero-order valence-electron chi connectivity index (χ0n) is 12.7. The fourth-order valence-corrected chi connectivity index (χ4v) is 1.87.